The zero-order valence-corrected chi connectivity index (χ0v) is 19.7. The summed E-state index contributed by atoms with van der Waals surface area (Å²) in [5, 5.41) is 14.3. The molecule has 0 radical (unpaired) electrons. The van der Waals surface area contributed by atoms with Gasteiger partial charge < -0.3 is 19.9 Å². The van der Waals surface area contributed by atoms with Crippen molar-refractivity contribution < 1.29 is 23.8 Å². The van der Waals surface area contributed by atoms with Crippen molar-refractivity contribution in [3.05, 3.63) is 89.4 Å². The summed E-state index contributed by atoms with van der Waals surface area (Å²) in [5.41, 5.74) is 7.75. The molecular formula is C25H22N6O5. The first-order valence-corrected chi connectivity index (χ1v) is 10.6. The number of methoxy groups -OCH3 is 3. The molecule has 0 saturated carbocycles. The molecule has 2 heterocycles. The van der Waals surface area contributed by atoms with E-state index in [9.17, 15) is 14.9 Å². The van der Waals surface area contributed by atoms with Crippen molar-refractivity contribution in [2.45, 2.75) is 5.92 Å². The van der Waals surface area contributed by atoms with E-state index in [1.54, 1.807) is 48.5 Å². The van der Waals surface area contributed by atoms with Crippen LogP contribution in [0.2, 0.25) is 0 Å². The fourth-order valence-corrected chi connectivity index (χ4v) is 4.07. The molecule has 3 aromatic rings. The molecule has 1 atom stereocenters. The quantitative estimate of drug-likeness (QED) is 0.514. The second-order valence-corrected chi connectivity index (χ2v) is 7.56. The van der Waals surface area contributed by atoms with Crippen LogP contribution in [0.4, 0.5) is 5.69 Å². The number of nitrogens with two attached hydrogens (primary N) is 1. The normalized spacial score (nSPS) is 15.4. The second kappa shape index (κ2) is 10.0. The van der Waals surface area contributed by atoms with Gasteiger partial charge in [0.25, 0.3) is 0 Å². The Kier molecular flexibility index (Phi) is 6.69. The summed E-state index contributed by atoms with van der Waals surface area (Å²) in [6.45, 7) is 0. The highest BCUT2D eigenvalue weighted by Gasteiger charge is 2.43. The van der Waals surface area contributed by atoms with Gasteiger partial charge in [-0.15, -0.1) is 0 Å². The van der Waals surface area contributed by atoms with E-state index in [-0.39, 0.29) is 22.7 Å². The molecule has 0 amide bonds. The highest BCUT2D eigenvalue weighted by molar-refractivity contribution is 6.06. The zero-order valence-electron chi connectivity index (χ0n) is 19.7. The summed E-state index contributed by atoms with van der Waals surface area (Å²) in [6, 6.07) is 15.8. The van der Waals surface area contributed by atoms with Crippen molar-refractivity contribution in [2.24, 2.45) is 5.73 Å². The maximum Gasteiger partial charge on any atom is 0.355 e. The molecule has 4 rings (SSSR count). The lowest BCUT2D eigenvalue weighted by atomic mass is 9.81. The van der Waals surface area contributed by atoms with Crippen molar-refractivity contribution in [2.75, 3.05) is 26.2 Å². The minimum atomic E-state index is -0.964. The molecule has 36 heavy (non-hydrogen) atoms. The molecule has 11 nitrogen and oxygen atoms in total. The van der Waals surface area contributed by atoms with E-state index < -0.39 is 17.9 Å². The summed E-state index contributed by atoms with van der Waals surface area (Å²) in [5.74, 6) is -2.28. The minimum Gasteiger partial charge on any atom is -0.497 e. The molecule has 0 bridgehead atoms. The molecule has 1 aliphatic heterocycles. The summed E-state index contributed by atoms with van der Waals surface area (Å²) in [7, 11) is 3.85. The molecule has 0 aliphatic carbocycles. The number of esters is 2. The predicted octanol–water partition coefficient (Wildman–Crippen LogP) is 2.17. The van der Waals surface area contributed by atoms with Gasteiger partial charge in [0.05, 0.1) is 55.8 Å². The monoisotopic (exact) mass is 486 g/mol. The van der Waals surface area contributed by atoms with Gasteiger partial charge >= 0.3 is 11.9 Å². The SMILES string of the molecule is COC(=O)C1=C(C(=O)OC)N(c2cc(OC)cc(-n3cncn3)c2)C(N)=C(C#N)C1c1ccccc1. The lowest BCUT2D eigenvalue weighted by Crippen LogP contribution is -2.40. The number of rotatable bonds is 6. The lowest BCUT2D eigenvalue weighted by Gasteiger charge is -2.36. The van der Waals surface area contributed by atoms with Crippen LogP contribution in [0.1, 0.15) is 11.5 Å². The predicted molar refractivity (Wildman–Crippen MR) is 127 cm³/mol. The minimum absolute atomic E-state index is 0.0550. The average Bonchev–Trinajstić information content (AvgIpc) is 3.47. The smallest absolute Gasteiger partial charge is 0.355 e. The Morgan fingerprint density at radius 1 is 1.03 bits per heavy atom. The number of hydrogen-bond donors (Lipinski definition) is 1. The Hall–Kier alpha value is -5.11. The van der Waals surface area contributed by atoms with Crippen LogP contribution < -0.4 is 15.4 Å². The number of ether oxygens (including phenoxy) is 3. The van der Waals surface area contributed by atoms with Gasteiger partial charge in [0, 0.05) is 12.1 Å². The highest BCUT2D eigenvalue weighted by atomic mass is 16.5. The Labute approximate surface area is 206 Å². The summed E-state index contributed by atoms with van der Waals surface area (Å²) >= 11 is 0. The summed E-state index contributed by atoms with van der Waals surface area (Å²) in [6.07, 6.45) is 2.85. The zero-order chi connectivity index (χ0) is 25.8. The number of carbonyl (C=O) groups is 2. The average molecular weight is 486 g/mol. The number of nitrogens with zero attached hydrogens (tertiary/aromatic N) is 5. The lowest BCUT2D eigenvalue weighted by molar-refractivity contribution is -0.139. The second-order valence-electron chi connectivity index (χ2n) is 7.56. The molecule has 2 aromatic carbocycles. The van der Waals surface area contributed by atoms with Crippen LogP contribution in [-0.4, -0.2) is 48.0 Å². The highest BCUT2D eigenvalue weighted by Crippen LogP contribution is 2.44. The van der Waals surface area contributed by atoms with Gasteiger partial charge in [-0.05, 0) is 11.6 Å². The molecule has 0 spiro atoms. The Morgan fingerprint density at radius 3 is 2.31 bits per heavy atom. The van der Waals surface area contributed by atoms with Crippen LogP contribution in [0, 0.1) is 11.3 Å². The van der Waals surface area contributed by atoms with E-state index in [1.807, 2.05) is 0 Å². The molecule has 11 heteroatoms. The van der Waals surface area contributed by atoms with Gasteiger partial charge in [-0.1, -0.05) is 30.3 Å². The first kappa shape index (κ1) is 24.0. The third kappa shape index (κ3) is 4.12. The van der Waals surface area contributed by atoms with Crippen LogP contribution in [0.15, 0.2) is 83.8 Å². The maximum atomic E-state index is 13.2. The van der Waals surface area contributed by atoms with Gasteiger partial charge in [0.15, 0.2) is 0 Å². The van der Waals surface area contributed by atoms with E-state index in [0.717, 1.165) is 0 Å². The van der Waals surface area contributed by atoms with Crippen LogP contribution >= 0.6 is 0 Å². The molecule has 1 aromatic heterocycles. The van der Waals surface area contributed by atoms with E-state index in [4.69, 9.17) is 19.9 Å². The maximum absolute atomic E-state index is 13.2. The van der Waals surface area contributed by atoms with E-state index >= 15 is 0 Å². The largest absolute Gasteiger partial charge is 0.497 e. The van der Waals surface area contributed by atoms with E-state index in [2.05, 4.69) is 16.2 Å². The van der Waals surface area contributed by atoms with Gasteiger partial charge in [0.2, 0.25) is 0 Å². The van der Waals surface area contributed by atoms with Crippen molar-refractivity contribution >= 4 is 17.6 Å². The van der Waals surface area contributed by atoms with Crippen LogP contribution in [0.3, 0.4) is 0 Å². The Morgan fingerprint density at radius 2 is 1.72 bits per heavy atom. The van der Waals surface area contributed by atoms with Gasteiger partial charge in [-0.3, -0.25) is 4.90 Å². The summed E-state index contributed by atoms with van der Waals surface area (Å²) in [4.78, 5) is 31.6. The third-order valence-electron chi connectivity index (χ3n) is 5.66. The molecule has 2 N–H and O–H groups in total. The fourth-order valence-electron chi connectivity index (χ4n) is 4.07. The number of anilines is 1. The van der Waals surface area contributed by atoms with Gasteiger partial charge in [0.1, 0.15) is 29.9 Å². The fraction of sp³-hybridized carbons (Fsp3) is 0.160. The van der Waals surface area contributed by atoms with Crippen molar-refractivity contribution in [3.8, 4) is 17.5 Å². The van der Waals surface area contributed by atoms with E-state index in [0.29, 0.717) is 22.7 Å². The first-order valence-electron chi connectivity index (χ1n) is 10.6. The number of nitriles is 1. The number of hydrogen-bond acceptors (Lipinski definition) is 10. The summed E-state index contributed by atoms with van der Waals surface area (Å²) < 4.78 is 17.0. The molecule has 0 saturated heterocycles. The van der Waals surface area contributed by atoms with Gasteiger partial charge in [-0.25, -0.2) is 19.3 Å². The number of aromatic nitrogens is 3. The van der Waals surface area contributed by atoms with Crippen molar-refractivity contribution in [3.63, 3.8) is 0 Å². The number of carbonyl (C=O) groups excluding carboxylic acids is 2. The molecule has 182 valence electrons. The molecule has 1 unspecified atom stereocenters. The van der Waals surface area contributed by atoms with Crippen molar-refractivity contribution in [1.29, 1.82) is 5.26 Å². The topological polar surface area (TPSA) is 146 Å². The van der Waals surface area contributed by atoms with Gasteiger partial charge in [-0.2, -0.15) is 10.4 Å². The Bertz CT molecular complexity index is 1410. The van der Waals surface area contributed by atoms with Crippen molar-refractivity contribution in [1.82, 2.24) is 14.8 Å². The first-order chi connectivity index (χ1) is 17.4. The Balaban J connectivity index is 2.06. The standard InChI is InChI=1S/C25H22N6O5/c1-34-18-10-16(30-14-28-13-29-30)9-17(11-18)31-22(25(33)36-3)21(24(32)35-2)20(19(12-26)23(31)27)15-7-5-4-6-8-15/h4-11,13-14,20H,27H2,1-3H3. The molecule has 1 aliphatic rings. The van der Waals surface area contributed by atoms with Crippen LogP contribution in [0.25, 0.3) is 5.69 Å². The molecular weight excluding hydrogens is 464 g/mol. The number of benzene rings is 2. The molecule has 0 fully saturated rings. The van der Waals surface area contributed by atoms with Crippen LogP contribution in [0.5, 0.6) is 5.75 Å². The van der Waals surface area contributed by atoms with E-state index in [1.165, 1.54) is 43.6 Å². The van der Waals surface area contributed by atoms with Crippen LogP contribution in [-0.2, 0) is 19.1 Å². The number of allylic oxidation sites excluding steroid dienone is 1. The third-order valence-corrected chi connectivity index (χ3v) is 5.66.